The van der Waals surface area contributed by atoms with Gasteiger partial charge >= 0.3 is 0 Å². The second-order valence-corrected chi connectivity index (χ2v) is 3.92. The van der Waals surface area contributed by atoms with Crippen LogP contribution in [0.25, 0.3) is 0 Å². The second-order valence-electron chi connectivity index (χ2n) is 3.92. The van der Waals surface area contributed by atoms with E-state index in [0.717, 1.165) is 19.8 Å². The van der Waals surface area contributed by atoms with Crippen LogP contribution in [-0.4, -0.2) is 30.8 Å². The lowest BCUT2D eigenvalue weighted by atomic mass is 9.85. The summed E-state index contributed by atoms with van der Waals surface area (Å²) in [5, 5.41) is 2.00. The van der Waals surface area contributed by atoms with E-state index in [9.17, 15) is 0 Å². The Morgan fingerprint density at radius 2 is 2.08 bits per heavy atom. The summed E-state index contributed by atoms with van der Waals surface area (Å²) in [7, 11) is 0. The molecule has 0 spiro atoms. The van der Waals surface area contributed by atoms with Crippen molar-refractivity contribution in [3.05, 3.63) is 0 Å². The van der Waals surface area contributed by atoms with Crippen LogP contribution in [0.1, 0.15) is 25.7 Å². The molecule has 0 aromatic carbocycles. The van der Waals surface area contributed by atoms with Crippen LogP contribution in [0.3, 0.4) is 0 Å². The molecule has 0 aromatic rings. The van der Waals surface area contributed by atoms with Gasteiger partial charge in [0.25, 0.3) is 0 Å². The van der Waals surface area contributed by atoms with E-state index in [1.165, 1.54) is 25.7 Å². The minimum atomic E-state index is 0.598. The fourth-order valence-corrected chi connectivity index (χ4v) is 2.39. The van der Waals surface area contributed by atoms with Gasteiger partial charge in [-0.15, -0.1) is 0 Å². The van der Waals surface area contributed by atoms with Crippen molar-refractivity contribution in [1.82, 2.24) is 5.01 Å². The molecule has 2 aliphatic rings. The van der Waals surface area contributed by atoms with Crippen molar-refractivity contribution < 1.29 is 4.74 Å². The molecule has 12 heavy (non-hydrogen) atoms. The number of ether oxygens (including phenoxy) is 1. The third-order valence-corrected chi connectivity index (χ3v) is 3.12. The molecule has 1 aliphatic carbocycles. The Kier molecular flexibility index (Phi) is 2.63. The summed E-state index contributed by atoms with van der Waals surface area (Å²) < 4.78 is 5.51. The summed E-state index contributed by atoms with van der Waals surface area (Å²) in [5.41, 5.74) is 0. The molecule has 2 fully saturated rings. The average Bonchev–Trinajstić information content (AvgIpc) is 2.29. The Balaban J connectivity index is 2.01. The summed E-state index contributed by atoms with van der Waals surface area (Å²) in [4.78, 5) is 0. The smallest absolute Gasteiger partial charge is 0.0607 e. The largest absolute Gasteiger partial charge is 0.380 e. The molecule has 0 radical (unpaired) electrons. The van der Waals surface area contributed by atoms with Crippen LogP contribution in [0.4, 0.5) is 0 Å². The van der Waals surface area contributed by atoms with Gasteiger partial charge in [-0.2, -0.15) is 0 Å². The van der Waals surface area contributed by atoms with Crippen molar-refractivity contribution in [1.29, 1.82) is 0 Å². The van der Waals surface area contributed by atoms with Gasteiger partial charge in [0.15, 0.2) is 0 Å². The lowest BCUT2D eigenvalue weighted by Gasteiger charge is -2.34. The van der Waals surface area contributed by atoms with E-state index in [4.69, 9.17) is 10.6 Å². The van der Waals surface area contributed by atoms with Crippen LogP contribution in [0.2, 0.25) is 0 Å². The first kappa shape index (κ1) is 8.48. The number of nitrogens with zero attached hydrogens (tertiary/aromatic N) is 1. The standard InChI is InChI=1S/C9H18N2O/c10-11-5-6-12-7-8-3-1-2-4-9(8)11/h8-9H,1-7,10H2. The van der Waals surface area contributed by atoms with E-state index in [2.05, 4.69) is 0 Å². The number of nitrogens with two attached hydrogens (primary N) is 1. The molecular weight excluding hydrogens is 152 g/mol. The van der Waals surface area contributed by atoms with E-state index in [1.807, 2.05) is 5.01 Å². The van der Waals surface area contributed by atoms with Crippen LogP contribution in [-0.2, 0) is 4.74 Å². The summed E-state index contributed by atoms with van der Waals surface area (Å²) in [6, 6.07) is 0.598. The van der Waals surface area contributed by atoms with Crippen LogP contribution in [0.15, 0.2) is 0 Å². The van der Waals surface area contributed by atoms with Gasteiger partial charge in [-0.1, -0.05) is 12.8 Å². The predicted octanol–water partition coefficient (Wildman–Crippen LogP) is 0.751. The van der Waals surface area contributed by atoms with Crippen molar-refractivity contribution in [2.75, 3.05) is 19.8 Å². The first-order valence-electron chi connectivity index (χ1n) is 4.97. The Hall–Kier alpha value is -0.120. The number of fused-ring (bicyclic) bond motifs is 1. The molecule has 3 nitrogen and oxygen atoms in total. The minimum Gasteiger partial charge on any atom is -0.380 e. The quantitative estimate of drug-likeness (QED) is 0.545. The van der Waals surface area contributed by atoms with E-state index in [1.54, 1.807) is 0 Å². The van der Waals surface area contributed by atoms with Crippen LogP contribution in [0, 0.1) is 5.92 Å². The molecule has 0 bridgehead atoms. The number of hydrogen-bond donors (Lipinski definition) is 1. The summed E-state index contributed by atoms with van der Waals surface area (Å²) in [6.45, 7) is 2.64. The Labute approximate surface area is 73.8 Å². The fourth-order valence-electron chi connectivity index (χ4n) is 2.39. The summed E-state index contributed by atoms with van der Waals surface area (Å²) >= 11 is 0. The van der Waals surface area contributed by atoms with Gasteiger partial charge in [0.1, 0.15) is 0 Å². The minimum absolute atomic E-state index is 0.598. The van der Waals surface area contributed by atoms with Crippen LogP contribution < -0.4 is 5.84 Å². The molecule has 2 rings (SSSR count). The Morgan fingerprint density at radius 1 is 1.25 bits per heavy atom. The van der Waals surface area contributed by atoms with Gasteiger partial charge < -0.3 is 4.74 Å². The van der Waals surface area contributed by atoms with Gasteiger partial charge in [-0.25, -0.2) is 5.01 Å². The predicted molar refractivity (Wildman–Crippen MR) is 47.5 cm³/mol. The first-order chi connectivity index (χ1) is 5.88. The molecule has 2 atom stereocenters. The topological polar surface area (TPSA) is 38.5 Å². The van der Waals surface area contributed by atoms with Gasteiger partial charge in [0.2, 0.25) is 0 Å². The van der Waals surface area contributed by atoms with E-state index in [-0.39, 0.29) is 0 Å². The molecule has 1 saturated carbocycles. The molecule has 0 amide bonds. The van der Waals surface area contributed by atoms with Crippen molar-refractivity contribution in [2.45, 2.75) is 31.7 Å². The summed E-state index contributed by atoms with van der Waals surface area (Å²) in [5.74, 6) is 6.64. The van der Waals surface area contributed by atoms with Gasteiger partial charge in [-0.05, 0) is 18.8 Å². The maximum absolute atomic E-state index is 5.94. The van der Waals surface area contributed by atoms with Gasteiger partial charge in [0, 0.05) is 12.6 Å². The fraction of sp³-hybridized carbons (Fsp3) is 1.00. The maximum atomic E-state index is 5.94. The van der Waals surface area contributed by atoms with Crippen molar-refractivity contribution >= 4 is 0 Å². The molecule has 70 valence electrons. The number of hydrogen-bond acceptors (Lipinski definition) is 3. The van der Waals surface area contributed by atoms with Crippen molar-refractivity contribution in [3.8, 4) is 0 Å². The molecule has 2 N–H and O–H groups in total. The maximum Gasteiger partial charge on any atom is 0.0607 e. The monoisotopic (exact) mass is 170 g/mol. The highest BCUT2D eigenvalue weighted by Crippen LogP contribution is 2.28. The SMILES string of the molecule is NN1CCOCC2CCCCC21. The normalized spacial score (nSPS) is 38.8. The third-order valence-electron chi connectivity index (χ3n) is 3.12. The second kappa shape index (κ2) is 3.73. The molecule has 3 heteroatoms. The van der Waals surface area contributed by atoms with Crippen LogP contribution in [0.5, 0.6) is 0 Å². The van der Waals surface area contributed by atoms with Crippen molar-refractivity contribution in [3.63, 3.8) is 0 Å². The van der Waals surface area contributed by atoms with Gasteiger partial charge in [-0.3, -0.25) is 5.84 Å². The zero-order valence-electron chi connectivity index (χ0n) is 7.54. The first-order valence-corrected chi connectivity index (χ1v) is 4.97. The molecule has 1 saturated heterocycles. The Morgan fingerprint density at radius 3 is 3.00 bits per heavy atom. The van der Waals surface area contributed by atoms with E-state index < -0.39 is 0 Å². The lowest BCUT2D eigenvalue weighted by Crippen LogP contribution is -2.46. The highest BCUT2D eigenvalue weighted by atomic mass is 16.5. The lowest BCUT2D eigenvalue weighted by molar-refractivity contribution is 0.0942. The number of hydrazine groups is 1. The zero-order valence-corrected chi connectivity index (χ0v) is 7.54. The van der Waals surface area contributed by atoms with Gasteiger partial charge in [0.05, 0.1) is 13.2 Å². The number of rotatable bonds is 0. The highest BCUT2D eigenvalue weighted by molar-refractivity contribution is 4.82. The molecule has 1 heterocycles. The van der Waals surface area contributed by atoms with E-state index in [0.29, 0.717) is 12.0 Å². The van der Waals surface area contributed by atoms with Crippen LogP contribution >= 0.6 is 0 Å². The van der Waals surface area contributed by atoms with E-state index >= 15 is 0 Å². The molecule has 2 unspecified atom stereocenters. The molecule has 1 aliphatic heterocycles. The summed E-state index contributed by atoms with van der Waals surface area (Å²) in [6.07, 6.45) is 5.27. The van der Waals surface area contributed by atoms with Crippen molar-refractivity contribution in [2.24, 2.45) is 11.8 Å². The highest BCUT2D eigenvalue weighted by Gasteiger charge is 2.30. The molecular formula is C9H18N2O. The zero-order chi connectivity index (χ0) is 8.39. The average molecular weight is 170 g/mol. The molecule has 0 aromatic heterocycles. The third kappa shape index (κ3) is 1.63. The Bertz CT molecular complexity index is 151.